The zero-order valence-corrected chi connectivity index (χ0v) is 18.7. The van der Waals surface area contributed by atoms with Crippen molar-refractivity contribution in [3.63, 3.8) is 0 Å². The molecule has 3 aromatic rings. The van der Waals surface area contributed by atoms with Gasteiger partial charge in [-0.15, -0.1) is 0 Å². The molecule has 0 aliphatic rings. The van der Waals surface area contributed by atoms with E-state index in [-0.39, 0.29) is 17.9 Å². The van der Waals surface area contributed by atoms with Crippen LogP contribution in [0.5, 0.6) is 0 Å². The number of benzene rings is 2. The van der Waals surface area contributed by atoms with Crippen LogP contribution in [0, 0.1) is 20.8 Å². The van der Waals surface area contributed by atoms with Gasteiger partial charge in [-0.3, -0.25) is 9.78 Å². The van der Waals surface area contributed by atoms with Gasteiger partial charge in [0.1, 0.15) is 6.04 Å². The first kappa shape index (κ1) is 22.7. The lowest BCUT2D eigenvalue weighted by Gasteiger charge is -2.20. The molecule has 0 spiro atoms. The van der Waals surface area contributed by atoms with Gasteiger partial charge in [-0.25, -0.2) is 8.42 Å². The predicted molar refractivity (Wildman–Crippen MR) is 121 cm³/mol. The van der Waals surface area contributed by atoms with Crippen LogP contribution in [0.3, 0.4) is 0 Å². The van der Waals surface area contributed by atoms with Gasteiger partial charge < -0.3 is 5.32 Å². The van der Waals surface area contributed by atoms with Crippen molar-refractivity contribution in [1.82, 2.24) is 15.0 Å². The minimum atomic E-state index is -3.91. The maximum Gasteiger partial charge on any atom is 0.241 e. The number of nitrogens with one attached hydrogen (secondary N) is 2. The van der Waals surface area contributed by atoms with Crippen LogP contribution in [0.1, 0.15) is 27.9 Å². The Hall–Kier alpha value is -3.03. The Balaban J connectivity index is 1.86. The average molecular weight is 438 g/mol. The molecule has 1 amide bonds. The van der Waals surface area contributed by atoms with Gasteiger partial charge in [0, 0.05) is 6.20 Å². The van der Waals surface area contributed by atoms with Gasteiger partial charge in [-0.05, 0) is 56.0 Å². The maximum absolute atomic E-state index is 13.3. The fraction of sp³-hybridized carbons (Fsp3) is 0.250. The summed E-state index contributed by atoms with van der Waals surface area (Å²) in [6.45, 7) is 5.67. The van der Waals surface area contributed by atoms with Gasteiger partial charge >= 0.3 is 0 Å². The van der Waals surface area contributed by atoms with Crippen LogP contribution in [0.15, 0.2) is 71.8 Å². The van der Waals surface area contributed by atoms with Crippen LogP contribution in [0.4, 0.5) is 0 Å². The molecule has 0 fully saturated rings. The van der Waals surface area contributed by atoms with Gasteiger partial charge in [0.15, 0.2) is 0 Å². The number of nitrogens with zero attached hydrogens (tertiary/aromatic N) is 1. The van der Waals surface area contributed by atoms with Crippen molar-refractivity contribution in [2.24, 2.45) is 0 Å². The second-order valence-corrected chi connectivity index (χ2v) is 9.28. The Bertz CT molecular complexity index is 1120. The van der Waals surface area contributed by atoms with Crippen molar-refractivity contribution in [2.45, 2.75) is 44.7 Å². The third-order valence-corrected chi connectivity index (χ3v) is 6.72. The number of pyridine rings is 1. The normalized spacial score (nSPS) is 12.4. The van der Waals surface area contributed by atoms with Crippen molar-refractivity contribution in [1.29, 1.82) is 0 Å². The smallest absolute Gasteiger partial charge is 0.241 e. The van der Waals surface area contributed by atoms with Crippen LogP contribution in [0.25, 0.3) is 0 Å². The van der Waals surface area contributed by atoms with E-state index < -0.39 is 22.0 Å². The second-order valence-electron chi connectivity index (χ2n) is 7.63. The lowest BCUT2D eigenvalue weighted by Crippen LogP contribution is -2.48. The van der Waals surface area contributed by atoms with E-state index in [0.717, 1.165) is 11.1 Å². The summed E-state index contributed by atoms with van der Waals surface area (Å²) in [4.78, 5) is 17.4. The first-order valence-corrected chi connectivity index (χ1v) is 11.6. The van der Waals surface area contributed by atoms with E-state index in [1.807, 2.05) is 55.5 Å². The molecule has 0 aliphatic carbocycles. The number of carbonyl (C=O) groups excluding carboxylic acids is 1. The molecule has 0 radical (unpaired) electrons. The Morgan fingerprint density at radius 1 is 0.968 bits per heavy atom. The van der Waals surface area contributed by atoms with Crippen LogP contribution in [-0.4, -0.2) is 25.4 Å². The summed E-state index contributed by atoms with van der Waals surface area (Å²) in [6, 6.07) is 17.5. The molecule has 1 aromatic heterocycles. The zero-order valence-electron chi connectivity index (χ0n) is 17.9. The van der Waals surface area contributed by atoms with E-state index in [4.69, 9.17) is 0 Å². The van der Waals surface area contributed by atoms with Crippen LogP contribution < -0.4 is 10.0 Å². The number of amides is 1. The molecule has 2 N–H and O–H groups in total. The minimum absolute atomic E-state index is 0.216. The molecule has 1 heterocycles. The average Bonchev–Trinajstić information content (AvgIpc) is 2.72. The molecule has 31 heavy (non-hydrogen) atoms. The third-order valence-electron chi connectivity index (χ3n) is 4.94. The van der Waals surface area contributed by atoms with E-state index in [0.29, 0.717) is 16.8 Å². The van der Waals surface area contributed by atoms with Crippen molar-refractivity contribution in [3.05, 3.63) is 94.8 Å². The quantitative estimate of drug-likeness (QED) is 0.566. The van der Waals surface area contributed by atoms with E-state index >= 15 is 0 Å². The highest BCUT2D eigenvalue weighted by atomic mass is 32.2. The molecule has 2 aromatic carbocycles. The predicted octanol–water partition coefficient (Wildman–Crippen LogP) is 3.21. The SMILES string of the molecule is Cc1cc(C)c(S(=O)(=O)NC(Cc2ccccc2)C(=O)NCc2ccccn2)c(C)c1. The van der Waals surface area contributed by atoms with E-state index in [1.54, 1.807) is 32.2 Å². The second kappa shape index (κ2) is 9.85. The highest BCUT2D eigenvalue weighted by Crippen LogP contribution is 2.22. The van der Waals surface area contributed by atoms with E-state index in [9.17, 15) is 13.2 Å². The number of carbonyl (C=O) groups is 1. The van der Waals surface area contributed by atoms with Crippen molar-refractivity contribution < 1.29 is 13.2 Å². The summed E-state index contributed by atoms with van der Waals surface area (Å²) in [5, 5.41) is 2.80. The first-order valence-electron chi connectivity index (χ1n) is 10.1. The Morgan fingerprint density at radius 2 is 1.61 bits per heavy atom. The molecule has 0 saturated carbocycles. The van der Waals surface area contributed by atoms with Crippen LogP contribution in [-0.2, 0) is 27.8 Å². The third kappa shape index (κ3) is 5.99. The van der Waals surface area contributed by atoms with Gasteiger partial charge in [0.2, 0.25) is 15.9 Å². The van der Waals surface area contributed by atoms with Gasteiger partial charge in [-0.2, -0.15) is 4.72 Å². The minimum Gasteiger partial charge on any atom is -0.349 e. The van der Waals surface area contributed by atoms with Crippen molar-refractivity contribution in [2.75, 3.05) is 0 Å². The summed E-state index contributed by atoms with van der Waals surface area (Å²) in [5.41, 5.74) is 3.85. The molecule has 3 rings (SSSR count). The molecular formula is C24H27N3O3S. The monoisotopic (exact) mass is 437 g/mol. The van der Waals surface area contributed by atoms with Crippen LogP contribution in [0.2, 0.25) is 0 Å². The van der Waals surface area contributed by atoms with Gasteiger partial charge in [0.05, 0.1) is 17.1 Å². The number of aryl methyl sites for hydroxylation is 3. The fourth-order valence-electron chi connectivity index (χ4n) is 3.68. The van der Waals surface area contributed by atoms with Gasteiger partial charge in [-0.1, -0.05) is 54.1 Å². The highest BCUT2D eigenvalue weighted by Gasteiger charge is 2.28. The number of rotatable bonds is 8. The Morgan fingerprint density at radius 3 is 2.23 bits per heavy atom. The van der Waals surface area contributed by atoms with Crippen molar-refractivity contribution >= 4 is 15.9 Å². The zero-order chi connectivity index (χ0) is 22.4. The summed E-state index contributed by atoms with van der Waals surface area (Å²) in [5.74, 6) is -0.402. The molecule has 0 saturated heterocycles. The number of aromatic nitrogens is 1. The number of hydrogen-bond donors (Lipinski definition) is 2. The molecule has 0 aliphatic heterocycles. The van der Waals surface area contributed by atoms with E-state index in [1.165, 1.54) is 0 Å². The summed E-state index contributed by atoms with van der Waals surface area (Å²) in [6.07, 6.45) is 1.88. The number of hydrogen-bond acceptors (Lipinski definition) is 4. The van der Waals surface area contributed by atoms with Crippen LogP contribution >= 0.6 is 0 Å². The maximum atomic E-state index is 13.3. The topological polar surface area (TPSA) is 88.2 Å². The lowest BCUT2D eigenvalue weighted by molar-refractivity contribution is -0.122. The summed E-state index contributed by atoms with van der Waals surface area (Å²) < 4.78 is 29.2. The Kier molecular flexibility index (Phi) is 7.20. The molecule has 7 heteroatoms. The molecule has 6 nitrogen and oxygen atoms in total. The molecule has 1 atom stereocenters. The molecule has 1 unspecified atom stereocenters. The summed E-state index contributed by atoms with van der Waals surface area (Å²) in [7, 11) is -3.91. The lowest BCUT2D eigenvalue weighted by atomic mass is 10.1. The molecular weight excluding hydrogens is 410 g/mol. The van der Waals surface area contributed by atoms with E-state index in [2.05, 4.69) is 15.0 Å². The number of sulfonamides is 1. The highest BCUT2D eigenvalue weighted by molar-refractivity contribution is 7.89. The fourth-order valence-corrected chi connectivity index (χ4v) is 5.33. The molecule has 0 bridgehead atoms. The van der Waals surface area contributed by atoms with Gasteiger partial charge in [0.25, 0.3) is 0 Å². The summed E-state index contributed by atoms with van der Waals surface area (Å²) >= 11 is 0. The first-order chi connectivity index (χ1) is 14.8. The Labute approximate surface area is 183 Å². The molecule has 162 valence electrons. The standard InChI is InChI=1S/C24H27N3O3S/c1-17-13-18(2)23(19(3)14-17)31(29,30)27-22(15-20-9-5-4-6-10-20)24(28)26-16-21-11-7-8-12-25-21/h4-14,22,27H,15-16H2,1-3H3,(H,26,28). The largest absolute Gasteiger partial charge is 0.349 e. The van der Waals surface area contributed by atoms with Crippen molar-refractivity contribution in [3.8, 4) is 0 Å².